The maximum atomic E-state index is 11.8. The summed E-state index contributed by atoms with van der Waals surface area (Å²) in [6.45, 7) is 5.30. The van der Waals surface area contributed by atoms with Gasteiger partial charge in [-0.3, -0.25) is 4.79 Å². The van der Waals surface area contributed by atoms with Gasteiger partial charge in [-0.2, -0.15) is 5.26 Å². The first kappa shape index (κ1) is 13.0. The van der Waals surface area contributed by atoms with Crippen LogP contribution in [0.3, 0.4) is 0 Å². The van der Waals surface area contributed by atoms with Gasteiger partial charge in [0.2, 0.25) is 0 Å². The van der Waals surface area contributed by atoms with E-state index < -0.39 is 17.5 Å². The Morgan fingerprint density at radius 2 is 1.88 bits per heavy atom. The molecule has 17 heavy (non-hydrogen) atoms. The van der Waals surface area contributed by atoms with E-state index in [0.29, 0.717) is 11.3 Å². The zero-order valence-corrected chi connectivity index (χ0v) is 10.2. The number of nitrogen functional groups attached to an aromatic ring is 1. The summed E-state index contributed by atoms with van der Waals surface area (Å²) in [5.41, 5.74) is 6.14. The van der Waals surface area contributed by atoms with Gasteiger partial charge < -0.3 is 10.5 Å². The average molecular weight is 232 g/mol. The number of ether oxygens (including phenoxy) is 1. The van der Waals surface area contributed by atoms with E-state index in [9.17, 15) is 4.79 Å². The molecule has 4 nitrogen and oxygen atoms in total. The number of esters is 1. The Labute approximate surface area is 101 Å². The van der Waals surface area contributed by atoms with Crippen molar-refractivity contribution in [3.63, 3.8) is 0 Å². The van der Waals surface area contributed by atoms with Crippen molar-refractivity contribution in [2.24, 2.45) is 0 Å². The van der Waals surface area contributed by atoms with Gasteiger partial charge in [0.05, 0.1) is 6.07 Å². The summed E-state index contributed by atoms with van der Waals surface area (Å²) < 4.78 is 5.18. The molecule has 0 saturated heterocycles. The third-order valence-corrected chi connectivity index (χ3v) is 2.04. The van der Waals surface area contributed by atoms with E-state index in [1.165, 1.54) is 0 Å². The number of rotatable bonds is 2. The Bertz CT molecular complexity index is 438. The Morgan fingerprint density at radius 1 is 1.35 bits per heavy atom. The normalized spacial score (nSPS) is 12.6. The van der Waals surface area contributed by atoms with Crippen LogP contribution in [0.1, 0.15) is 32.3 Å². The Morgan fingerprint density at radius 3 is 2.29 bits per heavy atom. The summed E-state index contributed by atoms with van der Waals surface area (Å²) in [6, 6.07) is 8.58. The van der Waals surface area contributed by atoms with Crippen LogP contribution in [0.25, 0.3) is 0 Å². The van der Waals surface area contributed by atoms with Crippen molar-refractivity contribution in [3.8, 4) is 6.07 Å². The molecule has 1 aromatic rings. The van der Waals surface area contributed by atoms with Crippen molar-refractivity contribution in [2.75, 3.05) is 5.73 Å². The van der Waals surface area contributed by atoms with Gasteiger partial charge in [-0.25, -0.2) is 0 Å². The molecule has 1 aromatic carbocycles. The maximum Gasteiger partial charge on any atom is 0.328 e. The van der Waals surface area contributed by atoms with E-state index in [0.717, 1.165) is 0 Å². The topological polar surface area (TPSA) is 76.1 Å². The van der Waals surface area contributed by atoms with Gasteiger partial charge >= 0.3 is 5.97 Å². The monoisotopic (exact) mass is 232 g/mol. The smallest absolute Gasteiger partial charge is 0.328 e. The number of nitrogens with two attached hydrogens (primary N) is 1. The number of benzene rings is 1. The van der Waals surface area contributed by atoms with E-state index in [-0.39, 0.29) is 0 Å². The molecule has 0 bridgehead atoms. The quantitative estimate of drug-likeness (QED) is 0.626. The van der Waals surface area contributed by atoms with Crippen LogP contribution in [0.5, 0.6) is 0 Å². The van der Waals surface area contributed by atoms with Gasteiger partial charge in [0.15, 0.2) is 5.92 Å². The molecule has 0 amide bonds. The van der Waals surface area contributed by atoms with E-state index in [1.807, 2.05) is 6.07 Å². The van der Waals surface area contributed by atoms with E-state index in [2.05, 4.69) is 0 Å². The second kappa shape index (κ2) is 4.88. The minimum absolute atomic E-state index is 0.537. The Hall–Kier alpha value is -2.02. The number of nitriles is 1. The minimum Gasteiger partial charge on any atom is -0.459 e. The molecule has 1 atom stereocenters. The van der Waals surface area contributed by atoms with Crippen LogP contribution in [-0.4, -0.2) is 11.6 Å². The molecule has 0 heterocycles. The molecular formula is C13H16N2O2. The van der Waals surface area contributed by atoms with Crippen LogP contribution in [0.15, 0.2) is 24.3 Å². The highest BCUT2D eigenvalue weighted by Crippen LogP contribution is 2.21. The number of carbonyl (C=O) groups is 1. The molecule has 0 aromatic heterocycles. The molecule has 0 aliphatic heterocycles. The fourth-order valence-corrected chi connectivity index (χ4v) is 1.31. The third kappa shape index (κ3) is 3.80. The summed E-state index contributed by atoms with van der Waals surface area (Å²) >= 11 is 0. The summed E-state index contributed by atoms with van der Waals surface area (Å²) in [5, 5.41) is 9.03. The van der Waals surface area contributed by atoms with Gasteiger partial charge in [0.1, 0.15) is 5.60 Å². The van der Waals surface area contributed by atoms with E-state index >= 15 is 0 Å². The van der Waals surface area contributed by atoms with Crippen molar-refractivity contribution in [1.82, 2.24) is 0 Å². The minimum atomic E-state index is -0.908. The van der Waals surface area contributed by atoms with Crippen molar-refractivity contribution in [3.05, 3.63) is 29.8 Å². The largest absolute Gasteiger partial charge is 0.459 e. The summed E-state index contributed by atoms with van der Waals surface area (Å²) in [4.78, 5) is 11.8. The number of nitrogens with zero attached hydrogens (tertiary/aromatic N) is 1. The summed E-state index contributed by atoms with van der Waals surface area (Å²) in [6.07, 6.45) is 0. The SMILES string of the molecule is CC(C)(C)OC(=O)C(C#N)c1ccc(N)cc1. The molecule has 0 spiro atoms. The highest BCUT2D eigenvalue weighted by atomic mass is 16.6. The van der Waals surface area contributed by atoms with Crippen molar-refractivity contribution >= 4 is 11.7 Å². The summed E-state index contributed by atoms with van der Waals surface area (Å²) in [7, 11) is 0. The molecule has 90 valence electrons. The lowest BCUT2D eigenvalue weighted by Crippen LogP contribution is -2.27. The summed E-state index contributed by atoms with van der Waals surface area (Å²) in [5.74, 6) is -1.44. The van der Waals surface area contributed by atoms with Gasteiger partial charge in [-0.15, -0.1) is 0 Å². The molecule has 1 rings (SSSR count). The zero-order valence-electron chi connectivity index (χ0n) is 10.2. The molecule has 0 aliphatic rings. The standard InChI is InChI=1S/C13H16N2O2/c1-13(2,3)17-12(16)11(8-14)9-4-6-10(15)7-5-9/h4-7,11H,15H2,1-3H3. The molecule has 0 radical (unpaired) electrons. The molecule has 2 N–H and O–H groups in total. The Kier molecular flexibility index (Phi) is 3.74. The number of carbonyl (C=O) groups excluding carboxylic acids is 1. The van der Waals surface area contributed by atoms with Crippen LogP contribution in [-0.2, 0) is 9.53 Å². The lowest BCUT2D eigenvalue weighted by atomic mass is 10.0. The highest BCUT2D eigenvalue weighted by molar-refractivity contribution is 5.81. The predicted octanol–water partition coefficient (Wildman–Crippen LogP) is 2.22. The predicted molar refractivity (Wildman–Crippen MR) is 65.1 cm³/mol. The molecular weight excluding hydrogens is 216 g/mol. The average Bonchev–Trinajstić information content (AvgIpc) is 2.19. The van der Waals surface area contributed by atoms with Crippen molar-refractivity contribution < 1.29 is 9.53 Å². The van der Waals surface area contributed by atoms with Crippen LogP contribution in [0.4, 0.5) is 5.69 Å². The molecule has 4 heteroatoms. The lowest BCUT2D eigenvalue weighted by molar-refractivity contribution is -0.155. The van der Waals surface area contributed by atoms with Crippen LogP contribution in [0, 0.1) is 11.3 Å². The van der Waals surface area contributed by atoms with Crippen molar-refractivity contribution in [2.45, 2.75) is 32.3 Å². The van der Waals surface area contributed by atoms with Crippen LogP contribution < -0.4 is 5.73 Å². The molecule has 0 aliphatic carbocycles. The lowest BCUT2D eigenvalue weighted by Gasteiger charge is -2.21. The fourth-order valence-electron chi connectivity index (χ4n) is 1.31. The second-order valence-corrected chi connectivity index (χ2v) is 4.76. The third-order valence-electron chi connectivity index (χ3n) is 2.04. The van der Waals surface area contributed by atoms with Crippen LogP contribution >= 0.6 is 0 Å². The van der Waals surface area contributed by atoms with Gasteiger partial charge in [-0.05, 0) is 38.5 Å². The second-order valence-electron chi connectivity index (χ2n) is 4.76. The first-order chi connectivity index (χ1) is 7.83. The molecule has 0 saturated carbocycles. The van der Waals surface area contributed by atoms with E-state index in [1.54, 1.807) is 45.0 Å². The molecule has 1 unspecified atom stereocenters. The highest BCUT2D eigenvalue weighted by Gasteiger charge is 2.26. The Balaban J connectivity index is 2.90. The van der Waals surface area contributed by atoms with Crippen LogP contribution in [0.2, 0.25) is 0 Å². The van der Waals surface area contributed by atoms with Crippen molar-refractivity contribution in [1.29, 1.82) is 5.26 Å². The fraction of sp³-hybridized carbons (Fsp3) is 0.385. The number of hydrogen-bond donors (Lipinski definition) is 1. The van der Waals surface area contributed by atoms with Gasteiger partial charge in [0, 0.05) is 5.69 Å². The van der Waals surface area contributed by atoms with E-state index in [4.69, 9.17) is 15.7 Å². The number of hydrogen-bond acceptors (Lipinski definition) is 4. The van der Waals surface area contributed by atoms with Gasteiger partial charge in [-0.1, -0.05) is 12.1 Å². The zero-order chi connectivity index (χ0) is 13.1. The first-order valence-corrected chi connectivity index (χ1v) is 5.31. The molecule has 0 fully saturated rings. The van der Waals surface area contributed by atoms with Gasteiger partial charge in [0.25, 0.3) is 0 Å². The number of anilines is 1. The maximum absolute atomic E-state index is 11.8. The first-order valence-electron chi connectivity index (χ1n) is 5.31.